The fraction of sp³-hybridized carbons (Fsp3) is 0.417. The first-order valence-corrected chi connectivity index (χ1v) is 10.5. The maximum absolute atomic E-state index is 13.1. The van der Waals surface area contributed by atoms with Crippen molar-refractivity contribution in [1.82, 2.24) is 4.90 Å². The van der Waals surface area contributed by atoms with Gasteiger partial charge in [0.15, 0.2) is 0 Å². The predicted molar refractivity (Wildman–Crippen MR) is 114 cm³/mol. The highest BCUT2D eigenvalue weighted by molar-refractivity contribution is 6.00. The van der Waals surface area contributed by atoms with E-state index in [2.05, 4.69) is 5.32 Å². The molecule has 0 bridgehead atoms. The van der Waals surface area contributed by atoms with Crippen molar-refractivity contribution in [3.63, 3.8) is 0 Å². The second kappa shape index (κ2) is 8.68. The number of nitrogens with zero attached hydrogens (tertiary/aromatic N) is 1. The highest BCUT2D eigenvalue weighted by Crippen LogP contribution is 2.32. The van der Waals surface area contributed by atoms with Crippen LogP contribution in [0.25, 0.3) is 11.1 Å². The fourth-order valence-electron chi connectivity index (χ4n) is 4.54. The Labute approximate surface area is 172 Å². The molecule has 29 heavy (non-hydrogen) atoms. The molecule has 5 heteroatoms. The quantitative estimate of drug-likeness (QED) is 0.816. The molecule has 0 unspecified atom stereocenters. The molecule has 1 heterocycles. The smallest absolute Gasteiger partial charge is 0.247 e. The number of hydrogen-bond donors (Lipinski definition) is 1. The predicted octanol–water partition coefficient (Wildman–Crippen LogP) is 4.48. The zero-order chi connectivity index (χ0) is 20.2. The van der Waals surface area contributed by atoms with E-state index in [1.54, 1.807) is 7.11 Å². The summed E-state index contributed by atoms with van der Waals surface area (Å²) in [6.07, 6.45) is 5.78. The lowest BCUT2D eigenvalue weighted by molar-refractivity contribution is -0.140. The molecule has 1 saturated carbocycles. The lowest BCUT2D eigenvalue weighted by atomic mass is 10.0. The number of benzene rings is 2. The molecular formula is C24H28N2O3. The number of likely N-dealkylation sites (tertiary alicyclic amines) is 1. The number of amides is 2. The summed E-state index contributed by atoms with van der Waals surface area (Å²) in [5, 5.41) is 3.09. The first-order valence-electron chi connectivity index (χ1n) is 10.5. The average Bonchev–Trinajstić information content (AvgIpc) is 3.46. The van der Waals surface area contributed by atoms with Gasteiger partial charge in [-0.25, -0.2) is 0 Å². The summed E-state index contributed by atoms with van der Waals surface area (Å²) in [5.74, 6) is 0.982. The summed E-state index contributed by atoms with van der Waals surface area (Å²) in [5.41, 5.74) is 2.73. The van der Waals surface area contributed by atoms with Gasteiger partial charge in [0.25, 0.3) is 0 Å². The van der Waals surface area contributed by atoms with Gasteiger partial charge in [-0.2, -0.15) is 0 Å². The minimum atomic E-state index is -0.368. The Bertz CT molecular complexity index is 872. The summed E-state index contributed by atoms with van der Waals surface area (Å²) in [6, 6.07) is 15.2. The van der Waals surface area contributed by atoms with E-state index in [-0.39, 0.29) is 23.8 Å². The molecular weight excluding hydrogens is 364 g/mol. The molecule has 1 atom stereocenters. The minimum absolute atomic E-state index is 0.0881. The average molecular weight is 392 g/mol. The van der Waals surface area contributed by atoms with Gasteiger partial charge in [-0.1, -0.05) is 43.2 Å². The number of hydrogen-bond acceptors (Lipinski definition) is 3. The molecule has 0 spiro atoms. The van der Waals surface area contributed by atoms with Gasteiger partial charge in [-0.3, -0.25) is 9.59 Å². The van der Waals surface area contributed by atoms with Crippen molar-refractivity contribution in [3.05, 3.63) is 48.5 Å². The molecule has 1 saturated heterocycles. The van der Waals surface area contributed by atoms with Crippen LogP contribution in [0.3, 0.4) is 0 Å². The summed E-state index contributed by atoms with van der Waals surface area (Å²) < 4.78 is 5.24. The Morgan fingerprint density at radius 1 is 0.966 bits per heavy atom. The Kier molecular flexibility index (Phi) is 5.84. The van der Waals surface area contributed by atoms with Gasteiger partial charge in [0.1, 0.15) is 11.8 Å². The summed E-state index contributed by atoms with van der Waals surface area (Å²) >= 11 is 0. The van der Waals surface area contributed by atoms with Crippen molar-refractivity contribution in [2.45, 2.75) is 44.6 Å². The van der Waals surface area contributed by atoms with E-state index in [9.17, 15) is 9.59 Å². The molecule has 152 valence electrons. The molecule has 4 rings (SSSR count). The van der Waals surface area contributed by atoms with Gasteiger partial charge in [0, 0.05) is 23.7 Å². The van der Waals surface area contributed by atoms with Crippen LogP contribution in [0.5, 0.6) is 5.75 Å². The molecule has 2 amide bonds. The molecule has 2 aromatic rings. The number of carbonyl (C=O) groups excluding carboxylic acids is 2. The van der Waals surface area contributed by atoms with E-state index >= 15 is 0 Å². The number of methoxy groups -OCH3 is 1. The first-order chi connectivity index (χ1) is 14.2. The second-order valence-corrected chi connectivity index (χ2v) is 7.93. The summed E-state index contributed by atoms with van der Waals surface area (Å²) in [7, 11) is 1.64. The number of anilines is 1. The molecule has 1 aliphatic heterocycles. The standard InChI is InChI=1S/C24H28N2O3/c1-29-19-14-12-17(13-15-19)20-9-4-5-10-21(20)25-23(27)22-11-6-16-26(22)24(28)18-7-2-3-8-18/h4-5,9-10,12-15,18,22H,2-3,6-8,11,16H2,1H3,(H,25,27)/t22-/m1/s1. The molecule has 5 nitrogen and oxygen atoms in total. The van der Waals surface area contributed by atoms with Crippen molar-refractivity contribution >= 4 is 17.5 Å². The van der Waals surface area contributed by atoms with E-state index in [0.717, 1.165) is 61.1 Å². The van der Waals surface area contributed by atoms with E-state index in [1.165, 1.54) is 0 Å². The maximum Gasteiger partial charge on any atom is 0.247 e. The van der Waals surface area contributed by atoms with Crippen molar-refractivity contribution in [3.8, 4) is 16.9 Å². The van der Waals surface area contributed by atoms with Crippen LogP contribution in [-0.2, 0) is 9.59 Å². The van der Waals surface area contributed by atoms with Crippen LogP contribution >= 0.6 is 0 Å². The monoisotopic (exact) mass is 392 g/mol. The van der Waals surface area contributed by atoms with Crippen molar-refractivity contribution in [2.75, 3.05) is 19.0 Å². The van der Waals surface area contributed by atoms with Crippen LogP contribution < -0.4 is 10.1 Å². The van der Waals surface area contributed by atoms with E-state index in [4.69, 9.17) is 4.74 Å². The largest absolute Gasteiger partial charge is 0.497 e. The zero-order valence-electron chi connectivity index (χ0n) is 16.9. The molecule has 2 aliphatic rings. The van der Waals surface area contributed by atoms with Crippen LogP contribution in [0.2, 0.25) is 0 Å². The SMILES string of the molecule is COc1ccc(-c2ccccc2NC(=O)[C@H]2CCCN2C(=O)C2CCCC2)cc1. The third kappa shape index (κ3) is 4.14. The van der Waals surface area contributed by atoms with Crippen LogP contribution in [0.4, 0.5) is 5.69 Å². The third-order valence-electron chi connectivity index (χ3n) is 6.13. The molecule has 0 aromatic heterocycles. The van der Waals surface area contributed by atoms with Gasteiger partial charge in [0.2, 0.25) is 11.8 Å². The Morgan fingerprint density at radius 2 is 1.69 bits per heavy atom. The molecule has 1 aliphatic carbocycles. The second-order valence-electron chi connectivity index (χ2n) is 7.93. The highest BCUT2D eigenvalue weighted by atomic mass is 16.5. The zero-order valence-corrected chi connectivity index (χ0v) is 16.9. The van der Waals surface area contributed by atoms with E-state index < -0.39 is 0 Å². The van der Waals surface area contributed by atoms with Crippen LogP contribution in [0, 0.1) is 5.92 Å². The number of ether oxygens (including phenoxy) is 1. The normalized spacial score (nSPS) is 19.3. The topological polar surface area (TPSA) is 58.6 Å². The van der Waals surface area contributed by atoms with Crippen LogP contribution in [-0.4, -0.2) is 36.4 Å². The molecule has 2 aromatic carbocycles. The van der Waals surface area contributed by atoms with Gasteiger partial charge in [-0.05, 0) is 49.4 Å². The Hall–Kier alpha value is -2.82. The van der Waals surface area contributed by atoms with Crippen molar-refractivity contribution in [1.29, 1.82) is 0 Å². The van der Waals surface area contributed by atoms with Crippen LogP contribution in [0.15, 0.2) is 48.5 Å². The van der Waals surface area contributed by atoms with Gasteiger partial charge >= 0.3 is 0 Å². The minimum Gasteiger partial charge on any atom is -0.497 e. The summed E-state index contributed by atoms with van der Waals surface area (Å²) in [6.45, 7) is 0.688. The lowest BCUT2D eigenvalue weighted by Crippen LogP contribution is -2.45. The Balaban J connectivity index is 1.51. The van der Waals surface area contributed by atoms with Crippen molar-refractivity contribution in [2.24, 2.45) is 5.92 Å². The maximum atomic E-state index is 13.1. The van der Waals surface area contributed by atoms with Gasteiger partial charge in [0.05, 0.1) is 7.11 Å². The first kappa shape index (κ1) is 19.5. The number of nitrogens with one attached hydrogen (secondary N) is 1. The number of para-hydroxylation sites is 1. The van der Waals surface area contributed by atoms with Gasteiger partial charge in [-0.15, -0.1) is 0 Å². The van der Waals surface area contributed by atoms with E-state index in [1.807, 2.05) is 53.4 Å². The highest BCUT2D eigenvalue weighted by Gasteiger charge is 2.37. The molecule has 2 fully saturated rings. The van der Waals surface area contributed by atoms with Crippen LogP contribution in [0.1, 0.15) is 38.5 Å². The van der Waals surface area contributed by atoms with Crippen molar-refractivity contribution < 1.29 is 14.3 Å². The third-order valence-corrected chi connectivity index (χ3v) is 6.13. The summed E-state index contributed by atoms with van der Waals surface area (Å²) in [4.78, 5) is 27.8. The lowest BCUT2D eigenvalue weighted by Gasteiger charge is -2.27. The number of rotatable bonds is 5. The number of carbonyl (C=O) groups is 2. The Morgan fingerprint density at radius 3 is 2.41 bits per heavy atom. The van der Waals surface area contributed by atoms with E-state index in [0.29, 0.717) is 6.54 Å². The molecule has 1 N–H and O–H groups in total. The fourth-order valence-corrected chi connectivity index (χ4v) is 4.54. The van der Waals surface area contributed by atoms with Gasteiger partial charge < -0.3 is 15.0 Å². The molecule has 0 radical (unpaired) electrons.